The fourth-order valence-electron chi connectivity index (χ4n) is 5.58. The second-order valence-corrected chi connectivity index (χ2v) is 12.4. The molecule has 3 saturated carbocycles. The number of nitrogens with zero attached hydrogens (tertiary/aromatic N) is 1. The zero-order valence-electron chi connectivity index (χ0n) is 20.8. The van der Waals surface area contributed by atoms with Gasteiger partial charge in [-0.25, -0.2) is 0 Å². The Morgan fingerprint density at radius 1 is 1.00 bits per heavy atom. The first kappa shape index (κ1) is 24.7. The molecule has 4 N–H and O–H groups in total. The number of rotatable bonds is 9. The van der Waals surface area contributed by atoms with Crippen molar-refractivity contribution in [2.24, 2.45) is 40.2 Å². The van der Waals surface area contributed by atoms with E-state index in [4.69, 9.17) is 5.73 Å². The Bertz CT molecular complexity index is 915. The molecule has 34 heavy (non-hydrogen) atoms. The van der Waals surface area contributed by atoms with E-state index >= 15 is 0 Å². The third kappa shape index (κ3) is 4.70. The summed E-state index contributed by atoms with van der Waals surface area (Å²) in [6.45, 7) is 10.3. The van der Waals surface area contributed by atoms with E-state index in [9.17, 15) is 24.0 Å². The van der Waals surface area contributed by atoms with Crippen molar-refractivity contribution in [1.29, 1.82) is 0 Å². The number of amides is 4. The Morgan fingerprint density at radius 3 is 2.12 bits per heavy atom. The van der Waals surface area contributed by atoms with Crippen LogP contribution in [0.1, 0.15) is 66.7 Å². The molecule has 188 valence electrons. The Kier molecular flexibility index (Phi) is 6.05. The highest BCUT2D eigenvalue weighted by molar-refractivity contribution is 6.37. The summed E-state index contributed by atoms with van der Waals surface area (Å²) in [4.78, 5) is 65.4. The maximum Gasteiger partial charge on any atom is 0.287 e. The number of nitrogens with two attached hydrogens (primary N) is 1. The highest BCUT2D eigenvalue weighted by atomic mass is 16.2. The van der Waals surface area contributed by atoms with Crippen molar-refractivity contribution >= 4 is 29.4 Å². The van der Waals surface area contributed by atoms with Crippen LogP contribution in [0.2, 0.25) is 0 Å². The Labute approximate surface area is 200 Å². The number of likely N-dealkylation sites (tertiary alicyclic amines) is 1. The molecule has 0 spiro atoms. The van der Waals surface area contributed by atoms with Gasteiger partial charge >= 0.3 is 0 Å². The minimum absolute atomic E-state index is 0.0364. The lowest BCUT2D eigenvalue weighted by Gasteiger charge is -2.38. The molecule has 0 radical (unpaired) electrons. The van der Waals surface area contributed by atoms with Gasteiger partial charge in [-0.2, -0.15) is 0 Å². The molecule has 0 aromatic carbocycles. The van der Waals surface area contributed by atoms with E-state index in [-0.39, 0.29) is 35.0 Å². The van der Waals surface area contributed by atoms with Gasteiger partial charge in [0.2, 0.25) is 23.5 Å². The molecule has 2 unspecified atom stereocenters. The molecule has 9 nitrogen and oxygen atoms in total. The number of hydrogen-bond acceptors (Lipinski definition) is 5. The average Bonchev–Trinajstić information content (AvgIpc) is 3.66. The van der Waals surface area contributed by atoms with E-state index < -0.39 is 41.1 Å². The summed E-state index contributed by atoms with van der Waals surface area (Å²) in [7, 11) is 0. The number of hydrogen-bond donors (Lipinski definition) is 3. The van der Waals surface area contributed by atoms with Gasteiger partial charge in [0.05, 0.1) is 6.04 Å². The van der Waals surface area contributed by atoms with Crippen LogP contribution in [0.25, 0.3) is 0 Å². The summed E-state index contributed by atoms with van der Waals surface area (Å²) in [6, 6.07) is -2.48. The van der Waals surface area contributed by atoms with Crippen molar-refractivity contribution in [3.63, 3.8) is 0 Å². The molecule has 1 aliphatic heterocycles. The molecule has 9 heteroatoms. The Balaban J connectivity index is 1.55. The maximum atomic E-state index is 13.8. The number of carbonyl (C=O) groups excluding carboxylic acids is 5. The molecule has 4 rings (SSSR count). The molecule has 4 fully saturated rings. The number of Topliss-reactive ketones (excluding diaryl/α,β-unsaturated/α-hetero) is 1. The number of primary amides is 1. The van der Waals surface area contributed by atoms with Gasteiger partial charge in [0.25, 0.3) is 5.91 Å². The lowest BCUT2D eigenvalue weighted by atomic mass is 9.85. The van der Waals surface area contributed by atoms with Crippen LogP contribution in [-0.4, -0.2) is 59.0 Å². The number of nitrogens with one attached hydrogen (secondary N) is 2. The summed E-state index contributed by atoms with van der Waals surface area (Å²) in [6.07, 6.45) is 3.96. The van der Waals surface area contributed by atoms with Crippen LogP contribution in [0.3, 0.4) is 0 Å². The van der Waals surface area contributed by atoms with Crippen molar-refractivity contribution in [2.45, 2.75) is 84.8 Å². The van der Waals surface area contributed by atoms with Crippen LogP contribution in [0.5, 0.6) is 0 Å². The molecular weight excluding hydrogens is 436 g/mol. The van der Waals surface area contributed by atoms with Crippen molar-refractivity contribution < 1.29 is 24.0 Å². The van der Waals surface area contributed by atoms with Crippen molar-refractivity contribution in [3.05, 3.63) is 0 Å². The Hall–Kier alpha value is -2.45. The topological polar surface area (TPSA) is 139 Å². The molecule has 4 aliphatic rings. The fourth-order valence-corrected chi connectivity index (χ4v) is 5.58. The van der Waals surface area contributed by atoms with Crippen LogP contribution in [0.4, 0.5) is 0 Å². The highest BCUT2D eigenvalue weighted by Gasteiger charge is 2.70. The van der Waals surface area contributed by atoms with E-state index in [1.807, 2.05) is 20.8 Å². The highest BCUT2D eigenvalue weighted by Crippen LogP contribution is 2.65. The number of carbonyl (C=O) groups is 5. The van der Waals surface area contributed by atoms with Gasteiger partial charge in [0.15, 0.2) is 0 Å². The second-order valence-electron chi connectivity index (χ2n) is 12.4. The average molecular weight is 475 g/mol. The van der Waals surface area contributed by atoms with E-state index in [2.05, 4.69) is 24.5 Å². The van der Waals surface area contributed by atoms with Crippen LogP contribution in [0, 0.1) is 34.5 Å². The van der Waals surface area contributed by atoms with Crippen molar-refractivity contribution in [3.8, 4) is 0 Å². The van der Waals surface area contributed by atoms with E-state index in [0.29, 0.717) is 18.9 Å². The molecule has 0 aromatic heterocycles. The largest absolute Gasteiger partial charge is 0.363 e. The molecule has 5 atom stereocenters. The van der Waals surface area contributed by atoms with Crippen LogP contribution in [0.15, 0.2) is 0 Å². The predicted octanol–water partition coefficient (Wildman–Crippen LogP) is 0.750. The number of fused-ring (bicyclic) bond motifs is 1. The van der Waals surface area contributed by atoms with Gasteiger partial charge in [-0.15, -0.1) is 0 Å². The molecule has 1 saturated heterocycles. The first-order valence-electron chi connectivity index (χ1n) is 12.5. The minimum atomic E-state index is -1.06. The molecule has 3 aliphatic carbocycles. The van der Waals surface area contributed by atoms with Crippen LogP contribution in [-0.2, 0) is 24.0 Å². The summed E-state index contributed by atoms with van der Waals surface area (Å²) < 4.78 is 0. The van der Waals surface area contributed by atoms with Gasteiger partial charge in [0, 0.05) is 12.5 Å². The molecule has 0 aromatic rings. The third-order valence-corrected chi connectivity index (χ3v) is 8.25. The maximum absolute atomic E-state index is 13.8. The first-order chi connectivity index (χ1) is 15.7. The zero-order chi connectivity index (χ0) is 25.2. The molecule has 0 bridgehead atoms. The summed E-state index contributed by atoms with van der Waals surface area (Å²) >= 11 is 0. The summed E-state index contributed by atoms with van der Waals surface area (Å²) in [5, 5.41) is 5.70. The van der Waals surface area contributed by atoms with E-state index in [0.717, 1.165) is 25.7 Å². The summed E-state index contributed by atoms with van der Waals surface area (Å²) in [5.74, 6) is -2.29. The lowest BCUT2D eigenvalue weighted by Crippen LogP contribution is -2.60. The van der Waals surface area contributed by atoms with Gasteiger partial charge in [-0.3, -0.25) is 24.0 Å². The fraction of sp³-hybridized carbons (Fsp3) is 0.800. The predicted molar refractivity (Wildman–Crippen MR) is 124 cm³/mol. The first-order valence-corrected chi connectivity index (χ1v) is 12.5. The van der Waals surface area contributed by atoms with Crippen LogP contribution < -0.4 is 16.4 Å². The quantitative estimate of drug-likeness (QED) is 0.423. The van der Waals surface area contributed by atoms with Gasteiger partial charge in [-0.05, 0) is 47.8 Å². The third-order valence-electron chi connectivity index (χ3n) is 8.25. The number of ketones is 1. The molecule has 1 heterocycles. The van der Waals surface area contributed by atoms with Gasteiger partial charge in [0.1, 0.15) is 12.1 Å². The van der Waals surface area contributed by atoms with Crippen molar-refractivity contribution in [2.75, 3.05) is 6.54 Å². The number of piperidine rings is 1. The molecular formula is C25H38N4O5. The lowest BCUT2D eigenvalue weighted by molar-refractivity contribution is -0.146. The summed E-state index contributed by atoms with van der Waals surface area (Å²) in [5.41, 5.74) is 4.59. The normalized spacial score (nSPS) is 29.0. The van der Waals surface area contributed by atoms with Gasteiger partial charge < -0.3 is 21.3 Å². The SMILES string of the molecule is CC(C)(C)[C@H](NC(=O)C1CC1)C(=O)N1C[C@H]2C([C@H]1C(=O)NC(CC1CC1)C(=O)C(N)=O)C2(C)C. The Morgan fingerprint density at radius 2 is 1.62 bits per heavy atom. The zero-order valence-corrected chi connectivity index (χ0v) is 20.8. The molecule has 4 amide bonds. The second kappa shape index (κ2) is 8.34. The monoisotopic (exact) mass is 474 g/mol. The van der Waals surface area contributed by atoms with Crippen molar-refractivity contribution in [1.82, 2.24) is 15.5 Å². The van der Waals surface area contributed by atoms with Crippen LogP contribution >= 0.6 is 0 Å². The van der Waals surface area contributed by atoms with Gasteiger partial charge in [-0.1, -0.05) is 47.5 Å². The standard InChI is InChI=1S/C25H38N4O5/c1-24(2,3)19(28-21(32)13-8-9-13)23(34)29-11-14-16(25(14,4)5)17(29)22(33)27-15(10-12-6-7-12)18(30)20(26)31/h12-17,19H,6-11H2,1-5H3,(H2,26,31)(H,27,33)(H,28,32)/t14-,15?,16?,17-,19+/m0/s1. The van der Waals surface area contributed by atoms with E-state index in [1.165, 1.54) is 0 Å². The smallest absolute Gasteiger partial charge is 0.287 e. The minimum Gasteiger partial charge on any atom is -0.363 e. The van der Waals surface area contributed by atoms with E-state index in [1.54, 1.807) is 4.90 Å².